The molecule has 2 fully saturated rings. The summed E-state index contributed by atoms with van der Waals surface area (Å²) >= 11 is 0. The fraction of sp³-hybridized carbons (Fsp3) is 0.750. The van der Waals surface area contributed by atoms with Crippen molar-refractivity contribution in [1.82, 2.24) is 10.3 Å². The van der Waals surface area contributed by atoms with E-state index < -0.39 is 0 Å². The minimum atomic E-state index is 0.187. The number of nitrogens with zero attached hydrogens (tertiary/aromatic N) is 1. The molecule has 2 aliphatic rings. The van der Waals surface area contributed by atoms with Crippen molar-refractivity contribution in [2.45, 2.75) is 44.4 Å². The summed E-state index contributed by atoms with van der Waals surface area (Å²) in [6, 6.07) is 0.687. The molecule has 17 heavy (non-hydrogen) atoms. The summed E-state index contributed by atoms with van der Waals surface area (Å²) in [7, 11) is 0. The van der Waals surface area contributed by atoms with Crippen LogP contribution in [0.4, 0.5) is 0 Å². The van der Waals surface area contributed by atoms with Crippen molar-refractivity contribution in [3.8, 4) is 6.08 Å². The van der Waals surface area contributed by atoms with Gasteiger partial charge in [0.2, 0.25) is 0 Å². The number of nitrogens with one attached hydrogen (secondary N) is 1. The topological polar surface area (TPSA) is 56.5 Å². The number of aromatic nitrogens is 1. The molecule has 1 saturated carbocycles. The van der Waals surface area contributed by atoms with Gasteiger partial charge in [0, 0.05) is 25.4 Å². The number of oxazole rings is 1. The van der Waals surface area contributed by atoms with Gasteiger partial charge in [-0.1, -0.05) is 0 Å². The lowest BCUT2D eigenvalue weighted by Crippen LogP contribution is -2.26. The molecule has 5 heteroatoms. The maximum atomic E-state index is 5.67. The van der Waals surface area contributed by atoms with Gasteiger partial charge >= 0.3 is 6.08 Å². The second-order valence-electron chi connectivity index (χ2n) is 4.69. The third-order valence-corrected chi connectivity index (χ3v) is 3.12. The lowest BCUT2D eigenvalue weighted by atomic mass is 10.2. The van der Waals surface area contributed by atoms with Crippen LogP contribution in [0.2, 0.25) is 0 Å². The van der Waals surface area contributed by atoms with E-state index in [9.17, 15) is 0 Å². The molecule has 0 unspecified atom stereocenters. The summed E-state index contributed by atoms with van der Waals surface area (Å²) < 4.78 is 16.3. The molecule has 0 bridgehead atoms. The van der Waals surface area contributed by atoms with E-state index in [-0.39, 0.29) is 6.10 Å². The highest BCUT2D eigenvalue weighted by Crippen LogP contribution is 2.20. The Kier molecular flexibility index (Phi) is 3.29. The van der Waals surface area contributed by atoms with E-state index in [2.05, 4.69) is 10.3 Å². The third-order valence-electron chi connectivity index (χ3n) is 3.12. The van der Waals surface area contributed by atoms with Gasteiger partial charge in [0.15, 0.2) is 0 Å². The van der Waals surface area contributed by atoms with Crippen LogP contribution in [0.3, 0.4) is 0 Å². The molecule has 1 aromatic rings. The van der Waals surface area contributed by atoms with E-state index in [0.717, 1.165) is 38.3 Å². The SMILES string of the molecule is c1oc(OC2CCOCC2)nc1CNC1CC1. The fourth-order valence-electron chi connectivity index (χ4n) is 1.90. The van der Waals surface area contributed by atoms with Gasteiger partial charge < -0.3 is 19.2 Å². The number of hydrogen-bond acceptors (Lipinski definition) is 5. The summed E-state index contributed by atoms with van der Waals surface area (Å²) in [4.78, 5) is 4.31. The molecule has 1 saturated heterocycles. The Hall–Kier alpha value is -1.07. The summed E-state index contributed by atoms with van der Waals surface area (Å²) in [5, 5.41) is 3.39. The zero-order chi connectivity index (χ0) is 11.5. The summed E-state index contributed by atoms with van der Waals surface area (Å²) in [5.41, 5.74) is 0.916. The molecule has 94 valence electrons. The summed E-state index contributed by atoms with van der Waals surface area (Å²) in [6.07, 6.45) is 6.64. The van der Waals surface area contributed by atoms with E-state index in [1.807, 2.05) is 0 Å². The van der Waals surface area contributed by atoms with Crippen molar-refractivity contribution in [2.75, 3.05) is 13.2 Å². The van der Waals surface area contributed by atoms with E-state index >= 15 is 0 Å². The van der Waals surface area contributed by atoms with Crippen LogP contribution in [0, 0.1) is 0 Å². The monoisotopic (exact) mass is 238 g/mol. The molecule has 1 aliphatic heterocycles. The van der Waals surface area contributed by atoms with Crippen LogP contribution >= 0.6 is 0 Å². The molecule has 0 aromatic carbocycles. The Balaban J connectivity index is 1.48. The summed E-state index contributed by atoms with van der Waals surface area (Å²) in [5.74, 6) is 0. The normalized spacial score (nSPS) is 21.6. The van der Waals surface area contributed by atoms with E-state index in [1.54, 1.807) is 6.26 Å². The average Bonchev–Trinajstić information content (AvgIpc) is 3.09. The van der Waals surface area contributed by atoms with Crippen molar-refractivity contribution < 1.29 is 13.9 Å². The highest BCUT2D eigenvalue weighted by molar-refractivity contribution is 5.01. The van der Waals surface area contributed by atoms with Crippen LogP contribution in [-0.2, 0) is 11.3 Å². The van der Waals surface area contributed by atoms with Crippen LogP contribution < -0.4 is 10.1 Å². The largest absolute Gasteiger partial charge is 0.447 e. The van der Waals surface area contributed by atoms with Gasteiger partial charge in [0.25, 0.3) is 0 Å². The van der Waals surface area contributed by atoms with Crippen LogP contribution in [0.25, 0.3) is 0 Å². The van der Waals surface area contributed by atoms with Gasteiger partial charge in [-0.15, -0.1) is 0 Å². The van der Waals surface area contributed by atoms with E-state index in [1.165, 1.54) is 12.8 Å². The Labute approximate surface area is 100 Å². The molecule has 5 nitrogen and oxygen atoms in total. The van der Waals surface area contributed by atoms with E-state index in [4.69, 9.17) is 13.9 Å². The average molecular weight is 238 g/mol. The lowest BCUT2D eigenvalue weighted by molar-refractivity contribution is 0.0133. The molecule has 1 aromatic heterocycles. The Morgan fingerprint density at radius 3 is 2.88 bits per heavy atom. The van der Waals surface area contributed by atoms with Gasteiger partial charge in [-0.05, 0) is 12.8 Å². The van der Waals surface area contributed by atoms with Crippen molar-refractivity contribution >= 4 is 0 Å². The molecule has 2 heterocycles. The summed E-state index contributed by atoms with van der Waals surface area (Å²) in [6.45, 7) is 2.30. The van der Waals surface area contributed by atoms with Crippen molar-refractivity contribution in [3.63, 3.8) is 0 Å². The van der Waals surface area contributed by atoms with E-state index in [0.29, 0.717) is 12.1 Å². The first-order valence-corrected chi connectivity index (χ1v) is 6.32. The number of ether oxygens (including phenoxy) is 2. The highest BCUT2D eigenvalue weighted by atomic mass is 16.6. The number of rotatable bonds is 5. The van der Waals surface area contributed by atoms with Gasteiger partial charge in [-0.2, -0.15) is 4.98 Å². The molecule has 0 atom stereocenters. The Morgan fingerprint density at radius 1 is 1.29 bits per heavy atom. The van der Waals surface area contributed by atoms with Gasteiger partial charge in [0.05, 0.1) is 18.9 Å². The molecule has 1 aliphatic carbocycles. The Bertz CT molecular complexity index is 356. The minimum absolute atomic E-state index is 0.187. The number of hydrogen-bond donors (Lipinski definition) is 1. The van der Waals surface area contributed by atoms with Gasteiger partial charge in [-0.25, -0.2) is 0 Å². The quantitative estimate of drug-likeness (QED) is 0.842. The standard InChI is InChI=1S/C12H18N2O3/c1-2-9(1)13-7-10-8-16-12(14-10)17-11-3-5-15-6-4-11/h8-9,11,13H,1-7H2. The molecule has 3 rings (SSSR count). The fourth-order valence-corrected chi connectivity index (χ4v) is 1.90. The zero-order valence-corrected chi connectivity index (χ0v) is 9.85. The van der Waals surface area contributed by atoms with Crippen LogP contribution in [-0.4, -0.2) is 30.3 Å². The molecular formula is C12H18N2O3. The maximum absolute atomic E-state index is 5.67. The van der Waals surface area contributed by atoms with Crippen LogP contribution in [0.15, 0.2) is 10.7 Å². The molecule has 1 N–H and O–H groups in total. The first-order chi connectivity index (χ1) is 8.40. The molecular weight excluding hydrogens is 220 g/mol. The molecule has 0 amide bonds. The van der Waals surface area contributed by atoms with Gasteiger partial charge in [0.1, 0.15) is 12.4 Å². The van der Waals surface area contributed by atoms with Crippen LogP contribution in [0.5, 0.6) is 6.08 Å². The second-order valence-corrected chi connectivity index (χ2v) is 4.69. The lowest BCUT2D eigenvalue weighted by Gasteiger charge is -2.20. The minimum Gasteiger partial charge on any atom is -0.447 e. The van der Waals surface area contributed by atoms with Gasteiger partial charge in [-0.3, -0.25) is 0 Å². The van der Waals surface area contributed by atoms with Crippen molar-refractivity contribution in [1.29, 1.82) is 0 Å². The predicted octanol–water partition coefficient (Wildman–Crippen LogP) is 1.48. The predicted molar refractivity (Wildman–Crippen MR) is 60.8 cm³/mol. The zero-order valence-electron chi connectivity index (χ0n) is 9.85. The molecule has 0 spiro atoms. The van der Waals surface area contributed by atoms with Crippen molar-refractivity contribution in [3.05, 3.63) is 12.0 Å². The smallest absolute Gasteiger partial charge is 0.394 e. The third kappa shape index (κ3) is 3.20. The first kappa shape index (κ1) is 11.0. The van der Waals surface area contributed by atoms with Crippen LogP contribution in [0.1, 0.15) is 31.4 Å². The second kappa shape index (κ2) is 5.06. The van der Waals surface area contributed by atoms with Crippen molar-refractivity contribution in [2.24, 2.45) is 0 Å². The first-order valence-electron chi connectivity index (χ1n) is 6.32. The molecule has 0 radical (unpaired) electrons. The maximum Gasteiger partial charge on any atom is 0.394 e. The highest BCUT2D eigenvalue weighted by Gasteiger charge is 2.21. The Morgan fingerprint density at radius 2 is 2.12 bits per heavy atom.